The summed E-state index contributed by atoms with van der Waals surface area (Å²) < 4.78 is 0. The van der Waals surface area contributed by atoms with Crippen molar-refractivity contribution in [2.75, 3.05) is 13.6 Å². The Balaban J connectivity index is 2.14. The predicted octanol–water partition coefficient (Wildman–Crippen LogP) is 3.88. The molecule has 1 atom stereocenters. The van der Waals surface area contributed by atoms with Crippen molar-refractivity contribution in [3.05, 3.63) is 70.3 Å². The molecular formula is C18H21N. The highest BCUT2D eigenvalue weighted by Crippen LogP contribution is 2.35. The van der Waals surface area contributed by atoms with Crippen molar-refractivity contribution in [3.8, 4) is 0 Å². The smallest absolute Gasteiger partial charge is 0.0602 e. The van der Waals surface area contributed by atoms with Crippen LogP contribution in [0.2, 0.25) is 0 Å². The van der Waals surface area contributed by atoms with Gasteiger partial charge in [0.05, 0.1) is 6.04 Å². The lowest BCUT2D eigenvalue weighted by atomic mass is 9.86. The Morgan fingerprint density at radius 1 is 1.00 bits per heavy atom. The fourth-order valence-corrected chi connectivity index (χ4v) is 3.10. The number of hydrogen-bond donors (Lipinski definition) is 0. The molecule has 1 heterocycles. The van der Waals surface area contributed by atoms with Gasteiger partial charge >= 0.3 is 0 Å². The fourth-order valence-electron chi connectivity index (χ4n) is 3.10. The molecule has 2 aromatic carbocycles. The quantitative estimate of drug-likeness (QED) is 0.743. The lowest BCUT2D eigenvalue weighted by Crippen LogP contribution is -2.33. The zero-order valence-electron chi connectivity index (χ0n) is 12.0. The first-order chi connectivity index (χ1) is 9.16. The van der Waals surface area contributed by atoms with Crippen LogP contribution >= 0.6 is 0 Å². The highest BCUT2D eigenvalue weighted by molar-refractivity contribution is 5.44. The third kappa shape index (κ3) is 2.19. The molecule has 1 aliphatic heterocycles. The molecule has 3 rings (SSSR count). The number of nitrogens with zero attached hydrogens (tertiary/aromatic N) is 1. The van der Waals surface area contributed by atoms with E-state index in [-0.39, 0.29) is 0 Å². The van der Waals surface area contributed by atoms with Gasteiger partial charge in [0.1, 0.15) is 0 Å². The van der Waals surface area contributed by atoms with Crippen LogP contribution in [-0.2, 0) is 6.42 Å². The molecule has 1 nitrogen and oxygen atoms in total. The minimum absolute atomic E-state index is 0.407. The zero-order valence-corrected chi connectivity index (χ0v) is 12.0. The van der Waals surface area contributed by atoms with Gasteiger partial charge in [-0.15, -0.1) is 0 Å². The van der Waals surface area contributed by atoms with E-state index in [1.165, 1.54) is 27.8 Å². The molecular weight excluding hydrogens is 230 g/mol. The number of benzene rings is 2. The van der Waals surface area contributed by atoms with Crippen LogP contribution < -0.4 is 0 Å². The number of likely N-dealkylation sites (N-methyl/N-ethyl adjacent to an activating group) is 1. The molecule has 0 saturated heterocycles. The Hall–Kier alpha value is -1.60. The Morgan fingerprint density at radius 3 is 2.42 bits per heavy atom. The third-order valence-corrected chi connectivity index (χ3v) is 4.34. The van der Waals surface area contributed by atoms with Crippen molar-refractivity contribution in [1.82, 2.24) is 4.90 Å². The molecule has 98 valence electrons. The van der Waals surface area contributed by atoms with Gasteiger partial charge in [-0.25, -0.2) is 0 Å². The molecule has 0 radical (unpaired) electrons. The highest BCUT2D eigenvalue weighted by atomic mass is 15.1. The molecule has 1 unspecified atom stereocenters. The van der Waals surface area contributed by atoms with Crippen LogP contribution in [0.1, 0.15) is 33.9 Å². The third-order valence-electron chi connectivity index (χ3n) is 4.34. The standard InChI is InChI=1S/C18H21N/c1-13-11-16-9-10-19(3)18(17(16)12-14(13)2)15-7-5-4-6-8-15/h4-8,11-12,18H,9-10H2,1-3H3. The van der Waals surface area contributed by atoms with E-state index < -0.39 is 0 Å². The minimum Gasteiger partial charge on any atom is -0.295 e. The van der Waals surface area contributed by atoms with Gasteiger partial charge in [0.2, 0.25) is 0 Å². The average Bonchev–Trinajstić information content (AvgIpc) is 2.42. The first-order valence-corrected chi connectivity index (χ1v) is 7.02. The minimum atomic E-state index is 0.407. The molecule has 19 heavy (non-hydrogen) atoms. The highest BCUT2D eigenvalue weighted by Gasteiger charge is 2.26. The van der Waals surface area contributed by atoms with Gasteiger partial charge in [-0.05, 0) is 55.1 Å². The summed E-state index contributed by atoms with van der Waals surface area (Å²) >= 11 is 0. The Morgan fingerprint density at radius 2 is 1.68 bits per heavy atom. The maximum Gasteiger partial charge on any atom is 0.0602 e. The number of aryl methyl sites for hydroxylation is 2. The van der Waals surface area contributed by atoms with Gasteiger partial charge in [-0.1, -0.05) is 42.5 Å². The first kappa shape index (κ1) is 12.4. The summed E-state index contributed by atoms with van der Waals surface area (Å²) in [7, 11) is 2.23. The second-order valence-corrected chi connectivity index (χ2v) is 5.68. The molecule has 0 aromatic heterocycles. The fraction of sp³-hybridized carbons (Fsp3) is 0.333. The molecule has 0 aliphatic carbocycles. The summed E-state index contributed by atoms with van der Waals surface area (Å²) in [6.07, 6.45) is 1.16. The molecule has 1 heteroatoms. The molecule has 0 N–H and O–H groups in total. The number of rotatable bonds is 1. The first-order valence-electron chi connectivity index (χ1n) is 7.02. The van der Waals surface area contributed by atoms with Gasteiger partial charge in [0, 0.05) is 6.54 Å². The molecule has 0 amide bonds. The Labute approximate surface area is 115 Å². The topological polar surface area (TPSA) is 3.24 Å². The van der Waals surface area contributed by atoms with Gasteiger partial charge in [-0.2, -0.15) is 0 Å². The number of hydrogen-bond acceptors (Lipinski definition) is 1. The monoisotopic (exact) mass is 251 g/mol. The van der Waals surface area contributed by atoms with E-state index in [1.807, 2.05) is 0 Å². The largest absolute Gasteiger partial charge is 0.295 e. The predicted molar refractivity (Wildman–Crippen MR) is 80.5 cm³/mol. The van der Waals surface area contributed by atoms with E-state index in [2.05, 4.69) is 68.3 Å². The van der Waals surface area contributed by atoms with E-state index in [1.54, 1.807) is 0 Å². The van der Waals surface area contributed by atoms with Crippen molar-refractivity contribution >= 4 is 0 Å². The van der Waals surface area contributed by atoms with Crippen molar-refractivity contribution < 1.29 is 0 Å². The van der Waals surface area contributed by atoms with Crippen molar-refractivity contribution in [2.24, 2.45) is 0 Å². The summed E-state index contributed by atoms with van der Waals surface area (Å²) in [5, 5.41) is 0. The van der Waals surface area contributed by atoms with E-state index in [0.717, 1.165) is 13.0 Å². The van der Waals surface area contributed by atoms with Crippen molar-refractivity contribution in [3.63, 3.8) is 0 Å². The average molecular weight is 251 g/mol. The lowest BCUT2D eigenvalue weighted by molar-refractivity contribution is 0.264. The maximum atomic E-state index is 2.46. The molecule has 1 aliphatic rings. The van der Waals surface area contributed by atoms with Crippen LogP contribution in [-0.4, -0.2) is 18.5 Å². The molecule has 0 bridgehead atoms. The second kappa shape index (κ2) is 4.82. The molecule has 2 aromatic rings. The van der Waals surface area contributed by atoms with Crippen LogP contribution in [0, 0.1) is 13.8 Å². The van der Waals surface area contributed by atoms with Gasteiger partial charge in [-0.3, -0.25) is 4.90 Å². The van der Waals surface area contributed by atoms with Crippen LogP contribution in [0.3, 0.4) is 0 Å². The van der Waals surface area contributed by atoms with Crippen LogP contribution in [0.25, 0.3) is 0 Å². The van der Waals surface area contributed by atoms with Gasteiger partial charge in [0.25, 0.3) is 0 Å². The van der Waals surface area contributed by atoms with Crippen molar-refractivity contribution in [1.29, 1.82) is 0 Å². The normalized spacial score (nSPS) is 19.2. The molecule has 0 spiro atoms. The number of fused-ring (bicyclic) bond motifs is 1. The summed E-state index contributed by atoms with van der Waals surface area (Å²) in [5.74, 6) is 0. The van der Waals surface area contributed by atoms with E-state index in [4.69, 9.17) is 0 Å². The lowest BCUT2D eigenvalue weighted by Gasteiger charge is -2.35. The summed E-state index contributed by atoms with van der Waals surface area (Å²) in [6, 6.07) is 16.0. The Bertz CT molecular complexity index is 586. The summed E-state index contributed by atoms with van der Waals surface area (Å²) in [6.45, 7) is 5.56. The van der Waals surface area contributed by atoms with Crippen LogP contribution in [0.4, 0.5) is 0 Å². The zero-order chi connectivity index (χ0) is 13.4. The summed E-state index contributed by atoms with van der Waals surface area (Å²) in [5.41, 5.74) is 7.22. The second-order valence-electron chi connectivity index (χ2n) is 5.68. The van der Waals surface area contributed by atoms with E-state index >= 15 is 0 Å². The maximum absolute atomic E-state index is 2.46. The molecule has 0 saturated carbocycles. The summed E-state index contributed by atoms with van der Waals surface area (Å²) in [4.78, 5) is 2.46. The SMILES string of the molecule is Cc1cc2c(cc1C)C(c1ccccc1)N(C)CC2. The Kier molecular flexibility index (Phi) is 3.16. The van der Waals surface area contributed by atoms with Crippen LogP contribution in [0.15, 0.2) is 42.5 Å². The van der Waals surface area contributed by atoms with Gasteiger partial charge in [0.15, 0.2) is 0 Å². The van der Waals surface area contributed by atoms with E-state index in [0.29, 0.717) is 6.04 Å². The molecule has 0 fully saturated rings. The van der Waals surface area contributed by atoms with E-state index in [9.17, 15) is 0 Å². The van der Waals surface area contributed by atoms with Gasteiger partial charge < -0.3 is 0 Å². The van der Waals surface area contributed by atoms with Crippen LogP contribution in [0.5, 0.6) is 0 Å². The van der Waals surface area contributed by atoms with Crippen molar-refractivity contribution in [2.45, 2.75) is 26.3 Å².